The standard InChI is InChI=1S/C17H20FN3O2S/c1-10-6-20(7-11(2)23-10)16(22)12-8-21(9-12)17-19-14-4-3-13(18)5-15(14)24-17/h3-5,10-12H,6-9H2,1-2H3. The van der Waals surface area contributed by atoms with Gasteiger partial charge in [-0.15, -0.1) is 0 Å². The van der Waals surface area contributed by atoms with E-state index in [9.17, 15) is 9.18 Å². The smallest absolute Gasteiger partial charge is 0.229 e. The molecule has 2 fully saturated rings. The van der Waals surface area contributed by atoms with Crippen LogP contribution in [0.1, 0.15) is 13.8 Å². The number of halogens is 1. The van der Waals surface area contributed by atoms with Crippen molar-refractivity contribution in [3.05, 3.63) is 24.0 Å². The molecule has 1 aromatic heterocycles. The van der Waals surface area contributed by atoms with Crippen molar-refractivity contribution in [2.24, 2.45) is 5.92 Å². The van der Waals surface area contributed by atoms with Crippen molar-refractivity contribution in [1.29, 1.82) is 0 Å². The molecule has 2 aromatic rings. The van der Waals surface area contributed by atoms with E-state index in [-0.39, 0.29) is 29.9 Å². The minimum Gasteiger partial charge on any atom is -0.372 e. The maximum atomic E-state index is 13.3. The number of hydrogen-bond acceptors (Lipinski definition) is 5. The van der Waals surface area contributed by atoms with Gasteiger partial charge in [0.05, 0.1) is 28.3 Å². The average molecular weight is 349 g/mol. The summed E-state index contributed by atoms with van der Waals surface area (Å²) in [6, 6.07) is 4.63. The van der Waals surface area contributed by atoms with Crippen LogP contribution in [0.2, 0.25) is 0 Å². The molecule has 0 spiro atoms. The van der Waals surface area contributed by atoms with Crippen molar-refractivity contribution in [1.82, 2.24) is 9.88 Å². The first-order valence-electron chi connectivity index (χ1n) is 8.25. The molecule has 0 aliphatic carbocycles. The SMILES string of the molecule is CC1CN(C(=O)C2CN(c3nc4ccc(F)cc4s3)C2)CC(C)O1. The van der Waals surface area contributed by atoms with Crippen molar-refractivity contribution < 1.29 is 13.9 Å². The molecular weight excluding hydrogens is 329 g/mol. The van der Waals surface area contributed by atoms with E-state index in [1.807, 2.05) is 18.7 Å². The molecule has 0 bridgehead atoms. The van der Waals surface area contributed by atoms with Gasteiger partial charge in [-0.05, 0) is 32.0 Å². The van der Waals surface area contributed by atoms with Gasteiger partial charge < -0.3 is 14.5 Å². The lowest BCUT2D eigenvalue weighted by molar-refractivity contribution is -0.148. The third-order valence-corrected chi connectivity index (χ3v) is 5.65. The van der Waals surface area contributed by atoms with E-state index in [2.05, 4.69) is 9.88 Å². The second-order valence-corrected chi connectivity index (χ2v) is 7.72. The largest absolute Gasteiger partial charge is 0.372 e. The van der Waals surface area contributed by atoms with E-state index in [4.69, 9.17) is 4.74 Å². The first-order valence-corrected chi connectivity index (χ1v) is 9.06. The Morgan fingerprint density at radius 2 is 1.96 bits per heavy atom. The number of carbonyl (C=O) groups is 1. The van der Waals surface area contributed by atoms with E-state index in [1.54, 1.807) is 6.07 Å². The molecule has 128 valence electrons. The van der Waals surface area contributed by atoms with E-state index in [0.29, 0.717) is 26.2 Å². The monoisotopic (exact) mass is 349 g/mol. The lowest BCUT2D eigenvalue weighted by atomic mass is 9.98. The lowest BCUT2D eigenvalue weighted by Gasteiger charge is -2.43. The van der Waals surface area contributed by atoms with Gasteiger partial charge in [-0.3, -0.25) is 4.79 Å². The Balaban J connectivity index is 1.40. The highest BCUT2D eigenvalue weighted by Gasteiger charge is 2.38. The van der Waals surface area contributed by atoms with Crippen molar-refractivity contribution in [2.45, 2.75) is 26.1 Å². The van der Waals surface area contributed by atoms with Crippen molar-refractivity contribution >= 4 is 32.6 Å². The number of benzene rings is 1. The quantitative estimate of drug-likeness (QED) is 0.836. The first kappa shape index (κ1) is 15.8. The van der Waals surface area contributed by atoms with Crippen LogP contribution in [0.5, 0.6) is 0 Å². The van der Waals surface area contributed by atoms with Gasteiger partial charge >= 0.3 is 0 Å². The Labute approximate surface area is 144 Å². The Kier molecular flexibility index (Phi) is 3.92. The summed E-state index contributed by atoms with van der Waals surface area (Å²) in [6.45, 7) is 6.70. The normalized spacial score (nSPS) is 25.1. The number of ether oxygens (including phenoxy) is 1. The molecule has 2 aliphatic heterocycles. The zero-order valence-corrected chi connectivity index (χ0v) is 14.6. The maximum absolute atomic E-state index is 13.3. The summed E-state index contributed by atoms with van der Waals surface area (Å²) in [5, 5.41) is 0.864. The van der Waals surface area contributed by atoms with E-state index < -0.39 is 0 Å². The molecule has 24 heavy (non-hydrogen) atoms. The molecule has 0 N–H and O–H groups in total. The third-order valence-electron chi connectivity index (χ3n) is 4.57. The van der Waals surface area contributed by atoms with Crippen LogP contribution in [0.4, 0.5) is 9.52 Å². The summed E-state index contributed by atoms with van der Waals surface area (Å²) in [5.74, 6) is -0.0171. The summed E-state index contributed by atoms with van der Waals surface area (Å²) < 4.78 is 19.8. The van der Waals surface area contributed by atoms with Gasteiger partial charge in [-0.2, -0.15) is 0 Å². The van der Waals surface area contributed by atoms with Gasteiger partial charge in [-0.25, -0.2) is 9.37 Å². The molecule has 5 nitrogen and oxygen atoms in total. The summed E-state index contributed by atoms with van der Waals surface area (Å²) in [4.78, 5) is 21.2. The van der Waals surface area contributed by atoms with Gasteiger partial charge in [0.2, 0.25) is 5.91 Å². The van der Waals surface area contributed by atoms with Crippen molar-refractivity contribution in [2.75, 3.05) is 31.1 Å². The first-order chi connectivity index (χ1) is 11.5. The highest BCUT2D eigenvalue weighted by Crippen LogP contribution is 2.34. The second kappa shape index (κ2) is 5.97. The molecule has 0 radical (unpaired) electrons. The molecule has 7 heteroatoms. The number of morpholine rings is 1. The number of anilines is 1. The van der Waals surface area contributed by atoms with Crippen molar-refractivity contribution in [3.8, 4) is 0 Å². The minimum atomic E-state index is -0.245. The Hall–Kier alpha value is -1.73. The highest BCUT2D eigenvalue weighted by molar-refractivity contribution is 7.22. The molecule has 1 aromatic carbocycles. The van der Waals surface area contributed by atoms with Gasteiger partial charge in [0, 0.05) is 26.2 Å². The molecule has 0 saturated carbocycles. The Morgan fingerprint density at radius 1 is 1.25 bits per heavy atom. The molecule has 2 atom stereocenters. The van der Waals surface area contributed by atoms with Crippen LogP contribution < -0.4 is 4.90 Å². The topological polar surface area (TPSA) is 45.7 Å². The van der Waals surface area contributed by atoms with Crippen LogP contribution >= 0.6 is 11.3 Å². The second-order valence-electron chi connectivity index (χ2n) is 6.71. The fourth-order valence-corrected chi connectivity index (χ4v) is 4.44. The predicted molar refractivity (Wildman–Crippen MR) is 91.9 cm³/mol. The molecule has 4 rings (SSSR count). The van der Waals surface area contributed by atoms with Gasteiger partial charge in [-0.1, -0.05) is 11.3 Å². The zero-order valence-electron chi connectivity index (χ0n) is 13.7. The van der Waals surface area contributed by atoms with Crippen molar-refractivity contribution in [3.63, 3.8) is 0 Å². The fraction of sp³-hybridized carbons (Fsp3) is 0.529. The predicted octanol–water partition coefficient (Wildman–Crippen LogP) is 2.51. The zero-order chi connectivity index (χ0) is 16.8. The Bertz CT molecular complexity index is 764. The third kappa shape index (κ3) is 2.86. The molecule has 1 amide bonds. The van der Waals surface area contributed by atoms with Gasteiger partial charge in [0.25, 0.3) is 0 Å². The van der Waals surface area contributed by atoms with Crippen LogP contribution in [-0.2, 0) is 9.53 Å². The molecule has 2 aliphatic rings. The van der Waals surface area contributed by atoms with Gasteiger partial charge in [0.15, 0.2) is 5.13 Å². The average Bonchev–Trinajstić information content (AvgIpc) is 2.86. The summed E-state index contributed by atoms with van der Waals surface area (Å²) in [7, 11) is 0. The summed E-state index contributed by atoms with van der Waals surface area (Å²) in [6.07, 6.45) is 0.182. The Morgan fingerprint density at radius 3 is 2.67 bits per heavy atom. The van der Waals surface area contributed by atoms with Crippen LogP contribution in [0.15, 0.2) is 18.2 Å². The number of fused-ring (bicyclic) bond motifs is 1. The number of carbonyl (C=O) groups excluding carboxylic acids is 1. The number of amides is 1. The number of thiazole rings is 1. The number of rotatable bonds is 2. The van der Waals surface area contributed by atoms with Crippen LogP contribution in [0.25, 0.3) is 10.2 Å². The van der Waals surface area contributed by atoms with E-state index in [0.717, 1.165) is 15.3 Å². The van der Waals surface area contributed by atoms with Crippen LogP contribution in [-0.4, -0.2) is 54.2 Å². The van der Waals surface area contributed by atoms with Gasteiger partial charge in [0.1, 0.15) is 5.82 Å². The van der Waals surface area contributed by atoms with E-state index in [1.165, 1.54) is 23.5 Å². The summed E-state index contributed by atoms with van der Waals surface area (Å²) >= 11 is 1.48. The molecule has 2 saturated heterocycles. The number of aromatic nitrogens is 1. The number of hydrogen-bond donors (Lipinski definition) is 0. The molecule has 3 heterocycles. The maximum Gasteiger partial charge on any atom is 0.229 e. The number of nitrogens with zero attached hydrogens (tertiary/aromatic N) is 3. The molecular formula is C17H20FN3O2S. The summed E-state index contributed by atoms with van der Waals surface area (Å²) in [5.41, 5.74) is 0.807. The van der Waals surface area contributed by atoms with Crippen LogP contribution in [0, 0.1) is 11.7 Å². The highest BCUT2D eigenvalue weighted by atomic mass is 32.1. The van der Waals surface area contributed by atoms with E-state index >= 15 is 0 Å². The molecule has 2 unspecified atom stereocenters. The minimum absolute atomic E-state index is 0.0197. The lowest BCUT2D eigenvalue weighted by Crippen LogP contribution is -2.58. The fourth-order valence-electron chi connectivity index (χ4n) is 3.43. The van der Waals surface area contributed by atoms with Crippen LogP contribution in [0.3, 0.4) is 0 Å².